The van der Waals surface area contributed by atoms with Gasteiger partial charge in [-0.15, -0.1) is 0 Å². The normalized spacial score (nSPS) is 28.3. The molecule has 0 unspecified atom stereocenters. The van der Waals surface area contributed by atoms with Crippen LogP contribution in [0.5, 0.6) is 17.5 Å². The molecule has 7 atom stereocenters. The number of carbonyl (C=O) groups excluding carboxylic acids is 4. The summed E-state index contributed by atoms with van der Waals surface area (Å²) in [7, 11) is -2.37. The first-order valence-electron chi connectivity index (χ1n) is 23.6. The third-order valence-electron chi connectivity index (χ3n) is 12.6. The number of fused-ring (bicyclic) bond motifs is 3. The standard InChI is InChI=1S/C48H62N4O10S/c1-28(2)60-42-18-13-31(26-49-42)39-21-32-20-34(59-8)14-17-37(32)44(50-39)61-35-22-40-41(53)25-48(46(56)51-63(57,58)36-15-16-36)24-33(48)12-10-9-11-29(3)19-30(4)38(45(55)52(40)27-35)23-43(54)62-47(5,6)7/h10,12-14,17-18,20-21,26,28-30,33,35-36,38,40H,9,11,15-16,19,22-25,27H2,1-8H3,(H,51,56)/b12-10-/t29-,30-,33-,35-,38+,40+,48-/m1/s1/i5D3. The van der Waals surface area contributed by atoms with Crippen LogP contribution in [-0.4, -0.2) is 89.6 Å². The van der Waals surface area contributed by atoms with Gasteiger partial charge >= 0.3 is 5.97 Å². The molecule has 2 aromatic heterocycles. The summed E-state index contributed by atoms with van der Waals surface area (Å²) in [6.45, 7) is 7.61. The number of hydrogen-bond donors (Lipinski definition) is 1. The number of ether oxygens (including phenoxy) is 4. The maximum atomic E-state index is 15.2. The average molecular weight is 890 g/mol. The second-order valence-corrected chi connectivity index (χ2v) is 20.8. The SMILES string of the molecule is [2H]C([2H])([2H])C(C)(C)OC(=O)C[C@@H]1C(=O)N2C[C@H](Oc3nc(-c4ccc(OC(C)C)nc4)cc4cc(OC)ccc34)C[C@H]2C(=O)C[C@]2(C(=O)NS(=O)(=O)C3CC3)C[C@H]2/C=C\CC[C@@H](C)C[C@H]1C. The van der Waals surface area contributed by atoms with Crippen LogP contribution in [0.2, 0.25) is 0 Å². The molecule has 2 saturated carbocycles. The van der Waals surface area contributed by atoms with Crippen molar-refractivity contribution in [2.45, 2.75) is 135 Å². The van der Waals surface area contributed by atoms with Gasteiger partial charge in [0.25, 0.3) is 0 Å². The number of esters is 1. The van der Waals surface area contributed by atoms with E-state index in [1.165, 1.54) is 18.7 Å². The lowest BCUT2D eigenvalue weighted by Gasteiger charge is -2.32. The third kappa shape index (κ3) is 10.8. The summed E-state index contributed by atoms with van der Waals surface area (Å²) in [6.07, 6.45) is 6.93. The van der Waals surface area contributed by atoms with Gasteiger partial charge in [-0.2, -0.15) is 0 Å². The highest BCUT2D eigenvalue weighted by Crippen LogP contribution is 2.57. The summed E-state index contributed by atoms with van der Waals surface area (Å²) in [5, 5.41) is 0.718. The molecule has 14 nitrogen and oxygen atoms in total. The number of nitrogens with one attached hydrogen (secondary N) is 1. The van der Waals surface area contributed by atoms with Crippen molar-refractivity contribution in [1.82, 2.24) is 19.6 Å². The molecule has 4 aliphatic rings. The molecule has 3 aromatic rings. The molecule has 4 heterocycles. The summed E-state index contributed by atoms with van der Waals surface area (Å²) in [6, 6.07) is 9.76. The number of pyridine rings is 2. The van der Waals surface area contributed by atoms with E-state index in [-0.39, 0.29) is 43.7 Å². The molecule has 2 aliphatic carbocycles. The molecular weight excluding hydrogens is 825 g/mol. The Balaban J connectivity index is 1.26. The van der Waals surface area contributed by atoms with Crippen molar-refractivity contribution in [3.05, 3.63) is 54.7 Å². The smallest absolute Gasteiger partial charge is 0.307 e. The number of ketones is 1. The quantitative estimate of drug-likeness (QED) is 0.149. The molecule has 0 bridgehead atoms. The monoisotopic (exact) mass is 889 g/mol. The average Bonchev–Trinajstić information content (AvgIpc) is 4.17. The number of aromatic nitrogens is 2. The van der Waals surface area contributed by atoms with Crippen LogP contribution in [0.4, 0.5) is 0 Å². The fraction of sp³-hybridized carbons (Fsp3) is 0.583. The Kier molecular flexibility index (Phi) is 12.1. The zero-order valence-corrected chi connectivity index (χ0v) is 38.0. The number of methoxy groups -OCH3 is 1. The molecule has 2 aliphatic heterocycles. The van der Waals surface area contributed by atoms with Crippen molar-refractivity contribution in [2.24, 2.45) is 29.1 Å². The van der Waals surface area contributed by atoms with Crippen LogP contribution < -0.4 is 18.9 Å². The van der Waals surface area contributed by atoms with Crippen molar-refractivity contribution in [3.8, 4) is 28.8 Å². The molecule has 1 aromatic carbocycles. The highest BCUT2D eigenvalue weighted by atomic mass is 32.2. The molecule has 15 heteroatoms. The van der Waals surface area contributed by atoms with E-state index < -0.39 is 93.0 Å². The largest absolute Gasteiger partial charge is 0.497 e. The van der Waals surface area contributed by atoms with E-state index in [9.17, 15) is 22.8 Å². The van der Waals surface area contributed by atoms with Crippen molar-refractivity contribution in [2.75, 3.05) is 13.7 Å². The van der Waals surface area contributed by atoms with Crippen LogP contribution in [0.15, 0.2) is 54.7 Å². The van der Waals surface area contributed by atoms with E-state index >= 15 is 4.79 Å². The Morgan fingerprint density at radius 2 is 1.86 bits per heavy atom. The number of carbonyl (C=O) groups is 4. The van der Waals surface area contributed by atoms with Gasteiger partial charge < -0.3 is 23.8 Å². The first-order valence-corrected chi connectivity index (χ1v) is 23.6. The number of Topliss-reactive ketones (excluding diaryl/α,β-unsaturated/α-hetero) is 1. The molecule has 2 amide bonds. The molecule has 0 spiro atoms. The van der Waals surface area contributed by atoms with Gasteiger partial charge in [0.05, 0.1) is 54.5 Å². The van der Waals surface area contributed by atoms with Gasteiger partial charge in [-0.25, -0.2) is 18.4 Å². The van der Waals surface area contributed by atoms with Crippen LogP contribution in [0.25, 0.3) is 22.0 Å². The summed E-state index contributed by atoms with van der Waals surface area (Å²) >= 11 is 0. The molecule has 1 saturated heterocycles. The van der Waals surface area contributed by atoms with Crippen molar-refractivity contribution >= 4 is 44.4 Å². The topological polar surface area (TPSA) is 180 Å². The highest BCUT2D eigenvalue weighted by molar-refractivity contribution is 7.90. The van der Waals surface area contributed by atoms with E-state index in [1.54, 1.807) is 25.4 Å². The van der Waals surface area contributed by atoms with Gasteiger partial charge in [0.2, 0.25) is 33.6 Å². The van der Waals surface area contributed by atoms with Crippen molar-refractivity contribution in [1.29, 1.82) is 0 Å². The van der Waals surface area contributed by atoms with E-state index in [0.29, 0.717) is 54.0 Å². The summed E-state index contributed by atoms with van der Waals surface area (Å²) in [5.74, 6) is -3.00. The number of allylic oxidation sites excluding steroid dienone is 2. The van der Waals surface area contributed by atoms with Gasteiger partial charge in [0.1, 0.15) is 17.5 Å². The Morgan fingerprint density at radius 3 is 2.54 bits per heavy atom. The molecule has 7 rings (SSSR count). The van der Waals surface area contributed by atoms with Gasteiger partial charge in [-0.1, -0.05) is 26.0 Å². The van der Waals surface area contributed by atoms with Gasteiger partial charge in [0.15, 0.2) is 5.78 Å². The summed E-state index contributed by atoms with van der Waals surface area (Å²) < 4.78 is 75.8. The molecular formula is C48H62N4O10S. The fourth-order valence-electron chi connectivity index (χ4n) is 9.06. The lowest BCUT2D eigenvalue weighted by molar-refractivity contribution is -0.160. The number of sulfonamides is 1. The highest BCUT2D eigenvalue weighted by Gasteiger charge is 2.61. The summed E-state index contributed by atoms with van der Waals surface area (Å²) in [5.41, 5.74) is -1.98. The van der Waals surface area contributed by atoms with Crippen LogP contribution in [-0.2, 0) is 33.9 Å². The minimum Gasteiger partial charge on any atom is -0.497 e. The summed E-state index contributed by atoms with van der Waals surface area (Å²) in [4.78, 5) is 68.7. The zero-order chi connectivity index (χ0) is 47.9. The second-order valence-electron chi connectivity index (χ2n) is 18.8. The maximum absolute atomic E-state index is 15.2. The van der Waals surface area contributed by atoms with Crippen LogP contribution >= 0.6 is 0 Å². The zero-order valence-electron chi connectivity index (χ0n) is 40.2. The second kappa shape index (κ2) is 18.2. The first-order chi connectivity index (χ1) is 31.0. The van der Waals surface area contributed by atoms with Gasteiger partial charge in [-0.05, 0) is 127 Å². The lowest BCUT2D eigenvalue weighted by Crippen LogP contribution is -2.47. The lowest BCUT2D eigenvalue weighted by atomic mass is 9.82. The molecule has 63 heavy (non-hydrogen) atoms. The van der Waals surface area contributed by atoms with Gasteiger partial charge in [0, 0.05) is 40.2 Å². The Bertz CT molecular complexity index is 2480. The molecule has 3 fully saturated rings. The Hall–Kier alpha value is -5.05. The minimum absolute atomic E-state index is 0.00350. The van der Waals surface area contributed by atoms with Gasteiger partial charge in [-0.3, -0.25) is 23.9 Å². The Labute approximate surface area is 375 Å². The third-order valence-corrected chi connectivity index (χ3v) is 14.4. The number of hydrogen-bond acceptors (Lipinski definition) is 12. The van der Waals surface area contributed by atoms with E-state index in [1.807, 2.05) is 57.2 Å². The number of rotatable bonds is 11. The van der Waals surface area contributed by atoms with Crippen molar-refractivity contribution < 1.29 is 50.7 Å². The van der Waals surface area contributed by atoms with Crippen molar-refractivity contribution in [3.63, 3.8) is 0 Å². The molecule has 340 valence electrons. The van der Waals surface area contributed by atoms with E-state index in [2.05, 4.69) is 16.6 Å². The Morgan fingerprint density at radius 1 is 1.08 bits per heavy atom. The predicted octanol–water partition coefficient (Wildman–Crippen LogP) is 7.38. The maximum Gasteiger partial charge on any atom is 0.307 e. The number of nitrogens with zero attached hydrogens (tertiary/aromatic N) is 3. The first kappa shape index (κ1) is 41.9. The molecule has 0 radical (unpaired) electrons. The molecule has 1 N–H and O–H groups in total. The van der Waals surface area contributed by atoms with Crippen LogP contribution in [0.1, 0.15) is 110 Å². The predicted molar refractivity (Wildman–Crippen MR) is 237 cm³/mol. The van der Waals surface area contributed by atoms with Crippen LogP contribution in [0.3, 0.4) is 0 Å². The minimum atomic E-state index is -3.93. The van der Waals surface area contributed by atoms with E-state index in [4.69, 9.17) is 28.0 Å². The van der Waals surface area contributed by atoms with E-state index in [0.717, 1.165) is 11.8 Å². The number of benzene rings is 1. The van der Waals surface area contributed by atoms with Crippen LogP contribution in [0, 0.1) is 29.1 Å². The fourth-order valence-corrected chi connectivity index (χ4v) is 10.4. The number of amides is 2.